The summed E-state index contributed by atoms with van der Waals surface area (Å²) in [6.07, 6.45) is -2.94. The van der Waals surface area contributed by atoms with E-state index in [9.17, 15) is 22.8 Å². The molecular formula is C17H18ClF3N2O3. The Morgan fingerprint density at radius 2 is 1.69 bits per heavy atom. The molecule has 1 aromatic rings. The lowest BCUT2D eigenvalue weighted by molar-refractivity contribution is -0.274. The Balaban J connectivity index is 1.67. The Bertz CT molecular complexity index is 685. The first-order chi connectivity index (χ1) is 12.2. The van der Waals surface area contributed by atoms with Gasteiger partial charge in [0.2, 0.25) is 11.8 Å². The number of likely N-dealkylation sites (tertiary alicyclic amines) is 1. The molecule has 5 nitrogen and oxygen atoms in total. The number of benzene rings is 1. The molecule has 3 rings (SSSR count). The minimum Gasteiger partial charge on any atom is -0.406 e. The third-order valence-corrected chi connectivity index (χ3v) is 5.31. The number of carbonyl (C=O) groups is 2. The Labute approximate surface area is 153 Å². The molecule has 2 aliphatic heterocycles. The molecule has 9 heteroatoms. The lowest BCUT2D eigenvalue weighted by Gasteiger charge is -2.37. The summed E-state index contributed by atoms with van der Waals surface area (Å²) >= 11 is 5.57. The molecule has 142 valence electrons. The maximum absolute atomic E-state index is 12.9. The van der Waals surface area contributed by atoms with E-state index >= 15 is 0 Å². The first-order valence-electron chi connectivity index (χ1n) is 8.26. The number of alkyl halides is 4. The predicted octanol–water partition coefficient (Wildman–Crippen LogP) is 3.17. The van der Waals surface area contributed by atoms with Gasteiger partial charge in [-0.05, 0) is 43.5 Å². The van der Waals surface area contributed by atoms with Gasteiger partial charge >= 0.3 is 6.36 Å². The lowest BCUT2D eigenvalue weighted by Crippen LogP contribution is -2.47. The molecule has 2 heterocycles. The molecule has 1 spiro atoms. The van der Waals surface area contributed by atoms with Crippen LogP contribution < -0.4 is 9.64 Å². The Morgan fingerprint density at radius 3 is 2.23 bits per heavy atom. The third kappa shape index (κ3) is 3.75. The number of carbonyl (C=O) groups excluding carboxylic acids is 2. The molecule has 0 unspecified atom stereocenters. The molecule has 0 aromatic heterocycles. The van der Waals surface area contributed by atoms with E-state index in [2.05, 4.69) is 4.74 Å². The van der Waals surface area contributed by atoms with Gasteiger partial charge in [-0.15, -0.1) is 24.8 Å². The number of ether oxygens (including phenoxy) is 1. The number of hydrogen-bond acceptors (Lipinski definition) is 3. The Morgan fingerprint density at radius 1 is 1.12 bits per heavy atom. The zero-order valence-electron chi connectivity index (χ0n) is 13.9. The number of amides is 2. The number of rotatable bonds is 3. The summed E-state index contributed by atoms with van der Waals surface area (Å²) in [6.45, 7) is 1.48. The normalized spacial score (nSPS) is 19.9. The number of piperidine rings is 1. The second-order valence-electron chi connectivity index (χ2n) is 6.54. The van der Waals surface area contributed by atoms with Gasteiger partial charge in [-0.3, -0.25) is 9.59 Å². The third-order valence-electron chi connectivity index (χ3n) is 5.08. The average Bonchev–Trinajstić information content (AvgIpc) is 2.91. The van der Waals surface area contributed by atoms with Crippen molar-refractivity contribution in [2.75, 3.05) is 30.4 Å². The van der Waals surface area contributed by atoms with Gasteiger partial charge in [0.05, 0.1) is 5.41 Å². The monoisotopic (exact) mass is 390 g/mol. The van der Waals surface area contributed by atoms with Crippen LogP contribution in [0.5, 0.6) is 5.75 Å². The molecule has 0 aliphatic carbocycles. The van der Waals surface area contributed by atoms with Crippen molar-refractivity contribution in [1.29, 1.82) is 0 Å². The minimum absolute atomic E-state index is 0.0417. The number of halogens is 4. The van der Waals surface area contributed by atoms with Gasteiger partial charge in [-0.2, -0.15) is 0 Å². The highest BCUT2D eigenvalue weighted by Gasteiger charge is 2.48. The molecule has 0 saturated carbocycles. The van der Waals surface area contributed by atoms with Crippen LogP contribution >= 0.6 is 11.6 Å². The molecule has 0 N–H and O–H groups in total. The molecule has 0 bridgehead atoms. The van der Waals surface area contributed by atoms with Crippen LogP contribution in [0.2, 0.25) is 0 Å². The van der Waals surface area contributed by atoms with E-state index in [4.69, 9.17) is 11.6 Å². The number of hydrogen-bond donors (Lipinski definition) is 0. The van der Waals surface area contributed by atoms with E-state index in [1.165, 1.54) is 24.3 Å². The van der Waals surface area contributed by atoms with Gasteiger partial charge in [-0.1, -0.05) is 0 Å². The summed E-state index contributed by atoms with van der Waals surface area (Å²) in [5.41, 5.74) is 0.0326. The Kier molecular flexibility index (Phi) is 5.05. The molecule has 2 fully saturated rings. The SMILES string of the molecule is O=C(CCl)N1CCC2(CC1)CCN(c1ccc(OC(F)(F)F)cc1)C2=O. The maximum Gasteiger partial charge on any atom is 0.573 e. The van der Waals surface area contributed by atoms with Crippen LogP contribution in [-0.2, 0) is 9.59 Å². The fraction of sp³-hybridized carbons (Fsp3) is 0.529. The summed E-state index contributed by atoms with van der Waals surface area (Å²) < 4.78 is 40.6. The molecular weight excluding hydrogens is 373 g/mol. The highest BCUT2D eigenvalue weighted by atomic mass is 35.5. The molecule has 0 radical (unpaired) electrons. The summed E-state index contributed by atoms with van der Waals surface area (Å²) in [4.78, 5) is 27.9. The molecule has 2 saturated heterocycles. The first-order valence-corrected chi connectivity index (χ1v) is 8.79. The van der Waals surface area contributed by atoms with Crippen LogP contribution in [0.15, 0.2) is 24.3 Å². The van der Waals surface area contributed by atoms with Gasteiger partial charge in [0.1, 0.15) is 11.6 Å². The number of anilines is 1. The van der Waals surface area contributed by atoms with E-state index in [1.54, 1.807) is 9.80 Å². The fourth-order valence-electron chi connectivity index (χ4n) is 3.63. The molecule has 0 atom stereocenters. The second-order valence-corrected chi connectivity index (χ2v) is 6.81. The standard InChI is InChI=1S/C17H18ClF3N2O3/c18-11-14(24)22-8-5-16(6-9-22)7-10-23(15(16)25)12-1-3-13(4-2-12)26-17(19,20)21/h1-4H,5-11H2. The van der Waals surface area contributed by atoms with Crippen LogP contribution in [-0.4, -0.2) is 48.6 Å². The predicted molar refractivity (Wildman–Crippen MR) is 89.1 cm³/mol. The van der Waals surface area contributed by atoms with E-state index in [1.807, 2.05) is 0 Å². The molecule has 1 aromatic carbocycles. The van der Waals surface area contributed by atoms with Crippen molar-refractivity contribution in [2.24, 2.45) is 5.41 Å². The van der Waals surface area contributed by atoms with Gasteiger partial charge in [0, 0.05) is 25.3 Å². The van der Waals surface area contributed by atoms with Crippen LogP contribution in [0.3, 0.4) is 0 Å². The number of nitrogens with zero attached hydrogens (tertiary/aromatic N) is 2. The molecule has 26 heavy (non-hydrogen) atoms. The fourth-order valence-corrected chi connectivity index (χ4v) is 3.80. The van der Waals surface area contributed by atoms with E-state index < -0.39 is 11.8 Å². The van der Waals surface area contributed by atoms with Crippen molar-refractivity contribution < 1.29 is 27.5 Å². The van der Waals surface area contributed by atoms with E-state index in [0.717, 1.165) is 0 Å². The smallest absolute Gasteiger partial charge is 0.406 e. The maximum atomic E-state index is 12.9. The second kappa shape index (κ2) is 6.98. The average molecular weight is 391 g/mol. The largest absolute Gasteiger partial charge is 0.573 e. The highest BCUT2D eigenvalue weighted by molar-refractivity contribution is 6.27. The molecule has 2 aliphatic rings. The van der Waals surface area contributed by atoms with Crippen molar-refractivity contribution in [2.45, 2.75) is 25.6 Å². The van der Waals surface area contributed by atoms with Crippen LogP contribution in [0.4, 0.5) is 18.9 Å². The van der Waals surface area contributed by atoms with Crippen molar-refractivity contribution in [3.8, 4) is 5.75 Å². The summed E-state index contributed by atoms with van der Waals surface area (Å²) in [5.74, 6) is -0.570. The molecule has 2 amide bonds. The van der Waals surface area contributed by atoms with E-state index in [-0.39, 0.29) is 23.4 Å². The van der Waals surface area contributed by atoms with Crippen LogP contribution in [0.1, 0.15) is 19.3 Å². The van der Waals surface area contributed by atoms with Gasteiger partial charge in [-0.25, -0.2) is 0 Å². The summed E-state index contributed by atoms with van der Waals surface area (Å²) in [5, 5.41) is 0. The van der Waals surface area contributed by atoms with Crippen LogP contribution in [0.25, 0.3) is 0 Å². The quantitative estimate of drug-likeness (QED) is 0.745. The zero-order valence-corrected chi connectivity index (χ0v) is 14.6. The van der Waals surface area contributed by atoms with Crippen LogP contribution in [0, 0.1) is 5.41 Å². The summed E-state index contributed by atoms with van der Waals surface area (Å²) in [6, 6.07) is 5.29. The first kappa shape index (κ1) is 18.8. The van der Waals surface area contributed by atoms with Crippen molar-refractivity contribution in [3.05, 3.63) is 24.3 Å². The van der Waals surface area contributed by atoms with Crippen molar-refractivity contribution >= 4 is 29.1 Å². The summed E-state index contributed by atoms with van der Waals surface area (Å²) in [7, 11) is 0. The highest BCUT2D eigenvalue weighted by Crippen LogP contribution is 2.43. The Hall–Kier alpha value is -1.96. The van der Waals surface area contributed by atoms with Gasteiger partial charge in [0.25, 0.3) is 0 Å². The van der Waals surface area contributed by atoms with Gasteiger partial charge in [0.15, 0.2) is 0 Å². The van der Waals surface area contributed by atoms with Crippen molar-refractivity contribution in [3.63, 3.8) is 0 Å². The van der Waals surface area contributed by atoms with Crippen molar-refractivity contribution in [1.82, 2.24) is 4.90 Å². The topological polar surface area (TPSA) is 49.9 Å². The lowest BCUT2D eigenvalue weighted by atomic mass is 9.77. The zero-order chi connectivity index (χ0) is 18.9. The van der Waals surface area contributed by atoms with Gasteiger partial charge < -0.3 is 14.5 Å². The minimum atomic E-state index is -4.75. The van der Waals surface area contributed by atoms with E-state index in [0.29, 0.717) is 44.6 Å².